The van der Waals surface area contributed by atoms with E-state index < -0.39 is 11.6 Å². The largest absolute Gasteiger partial charge is 0.356 e. The summed E-state index contributed by atoms with van der Waals surface area (Å²) in [6.07, 6.45) is 3.66. The zero-order chi connectivity index (χ0) is 21.5. The zero-order valence-corrected chi connectivity index (χ0v) is 21.4. The molecule has 1 unspecified atom stereocenters. The number of carbonyl (C=O) groups is 1. The predicted octanol–water partition coefficient (Wildman–Crippen LogP) is 3.99. The third-order valence-corrected chi connectivity index (χ3v) is 6.98. The summed E-state index contributed by atoms with van der Waals surface area (Å²) in [5.41, 5.74) is 0.481. The summed E-state index contributed by atoms with van der Waals surface area (Å²) in [7, 11) is 1.71. The predicted molar refractivity (Wildman–Crippen MR) is 134 cm³/mol. The molecule has 0 aromatic heterocycles. The van der Waals surface area contributed by atoms with Gasteiger partial charge in [-0.3, -0.25) is 9.79 Å². The Balaban J connectivity index is 0.00000341. The fraction of sp³-hybridized carbons (Fsp3) is 0.636. The lowest BCUT2D eigenvalue weighted by Crippen LogP contribution is -2.47. The summed E-state index contributed by atoms with van der Waals surface area (Å²) in [6, 6.07) is 3.97. The minimum absolute atomic E-state index is 0. The number of thioether (sulfide) groups is 1. The number of carbonyl (C=O) groups excluding carboxylic acids is 1. The van der Waals surface area contributed by atoms with Crippen LogP contribution in [0.15, 0.2) is 23.2 Å². The second kappa shape index (κ2) is 12.8. The molecule has 2 N–H and O–H groups in total. The number of nitrogens with zero attached hydrogens (tertiary/aromatic N) is 2. The summed E-state index contributed by atoms with van der Waals surface area (Å²) in [5.74, 6) is 2.02. The van der Waals surface area contributed by atoms with Crippen LogP contribution in [0.1, 0.15) is 44.1 Å². The molecule has 1 saturated heterocycles. The van der Waals surface area contributed by atoms with E-state index >= 15 is 0 Å². The first-order valence-electron chi connectivity index (χ1n) is 10.8. The van der Waals surface area contributed by atoms with Crippen LogP contribution in [0.4, 0.5) is 8.78 Å². The number of amides is 1. The Labute approximate surface area is 205 Å². The van der Waals surface area contributed by atoms with E-state index in [9.17, 15) is 13.6 Å². The van der Waals surface area contributed by atoms with E-state index in [0.717, 1.165) is 56.3 Å². The van der Waals surface area contributed by atoms with Gasteiger partial charge in [0.05, 0.1) is 0 Å². The zero-order valence-electron chi connectivity index (χ0n) is 18.2. The van der Waals surface area contributed by atoms with E-state index in [0.29, 0.717) is 24.0 Å². The number of nitrogens with one attached hydrogen (secondary N) is 2. The standard InChI is InChI=1S/C22H32F2N4OS.HI/c1-15(19-8-5-17(23)13-20(19)24)14-26-22(25-2)27-18-6-3-16(4-7-18)21(29)28-9-11-30-12-10-28;/h5,8,13,15-16,18H,3-4,6-7,9-12,14H2,1-2H3,(H2,25,26,27);1H. The first kappa shape index (κ1) is 26.2. The Morgan fingerprint density at radius 2 is 1.90 bits per heavy atom. The average Bonchev–Trinajstić information content (AvgIpc) is 2.77. The molecule has 9 heteroatoms. The minimum atomic E-state index is -0.567. The van der Waals surface area contributed by atoms with Crippen molar-refractivity contribution in [3.8, 4) is 0 Å². The van der Waals surface area contributed by atoms with Crippen molar-refractivity contribution in [2.24, 2.45) is 10.9 Å². The van der Waals surface area contributed by atoms with Crippen molar-refractivity contribution in [2.45, 2.75) is 44.6 Å². The van der Waals surface area contributed by atoms with E-state index in [-0.39, 0.29) is 41.9 Å². The van der Waals surface area contributed by atoms with Gasteiger partial charge in [-0.15, -0.1) is 24.0 Å². The quantitative estimate of drug-likeness (QED) is 0.322. The highest BCUT2D eigenvalue weighted by Crippen LogP contribution is 2.27. The lowest BCUT2D eigenvalue weighted by Gasteiger charge is -2.34. The molecule has 1 atom stereocenters. The third-order valence-electron chi connectivity index (χ3n) is 6.03. The van der Waals surface area contributed by atoms with E-state index in [4.69, 9.17) is 0 Å². The second-order valence-corrected chi connectivity index (χ2v) is 9.38. The summed E-state index contributed by atoms with van der Waals surface area (Å²) in [5, 5.41) is 6.68. The molecule has 2 aliphatic rings. The monoisotopic (exact) mass is 566 g/mol. The molecule has 1 saturated carbocycles. The van der Waals surface area contributed by atoms with Gasteiger partial charge in [-0.25, -0.2) is 8.78 Å². The average molecular weight is 567 g/mol. The van der Waals surface area contributed by atoms with Gasteiger partial charge in [-0.1, -0.05) is 13.0 Å². The van der Waals surface area contributed by atoms with Gasteiger partial charge in [-0.05, 0) is 37.3 Å². The highest BCUT2D eigenvalue weighted by atomic mass is 127. The van der Waals surface area contributed by atoms with Crippen LogP contribution in [-0.4, -0.2) is 61.0 Å². The minimum Gasteiger partial charge on any atom is -0.356 e. The maximum absolute atomic E-state index is 14.0. The highest BCUT2D eigenvalue weighted by molar-refractivity contribution is 14.0. The summed E-state index contributed by atoms with van der Waals surface area (Å²) >= 11 is 1.92. The smallest absolute Gasteiger partial charge is 0.225 e. The topological polar surface area (TPSA) is 56.7 Å². The first-order chi connectivity index (χ1) is 14.5. The van der Waals surface area contributed by atoms with Crippen molar-refractivity contribution in [1.29, 1.82) is 0 Å². The third kappa shape index (κ3) is 7.47. The van der Waals surface area contributed by atoms with Crippen molar-refractivity contribution in [1.82, 2.24) is 15.5 Å². The molecule has 3 rings (SSSR count). The van der Waals surface area contributed by atoms with Gasteiger partial charge in [-0.2, -0.15) is 11.8 Å². The second-order valence-electron chi connectivity index (χ2n) is 8.15. The molecule has 1 heterocycles. The summed E-state index contributed by atoms with van der Waals surface area (Å²) < 4.78 is 27.1. The molecule has 0 radical (unpaired) electrons. The number of rotatable bonds is 5. The Morgan fingerprint density at radius 1 is 1.23 bits per heavy atom. The number of benzene rings is 1. The molecular formula is C22H33F2IN4OS. The number of hydrogen-bond donors (Lipinski definition) is 2. The lowest BCUT2D eigenvalue weighted by atomic mass is 9.85. The van der Waals surface area contributed by atoms with Gasteiger partial charge >= 0.3 is 0 Å². The van der Waals surface area contributed by atoms with Gasteiger partial charge in [0.1, 0.15) is 11.6 Å². The molecule has 1 aliphatic heterocycles. The first-order valence-corrected chi connectivity index (χ1v) is 11.9. The van der Waals surface area contributed by atoms with Crippen molar-refractivity contribution in [3.63, 3.8) is 0 Å². The molecule has 2 fully saturated rings. The van der Waals surface area contributed by atoms with Crippen LogP contribution in [0, 0.1) is 17.6 Å². The van der Waals surface area contributed by atoms with E-state index in [1.165, 1.54) is 12.1 Å². The Bertz CT molecular complexity index is 753. The van der Waals surface area contributed by atoms with Crippen molar-refractivity contribution in [2.75, 3.05) is 38.2 Å². The number of halogens is 3. The number of guanidine groups is 1. The number of aliphatic imine (C=N–C) groups is 1. The Kier molecular flexibility index (Phi) is 10.8. The SMILES string of the molecule is CN=C(NCC(C)c1ccc(F)cc1F)NC1CCC(C(=O)N2CCSCC2)CC1.I. The van der Waals surface area contributed by atoms with E-state index in [1.54, 1.807) is 7.05 Å². The van der Waals surface area contributed by atoms with Gasteiger partial charge in [0, 0.05) is 62.1 Å². The number of hydrogen-bond acceptors (Lipinski definition) is 3. The normalized spacial score (nSPS) is 23.0. The van der Waals surface area contributed by atoms with Crippen LogP contribution >= 0.6 is 35.7 Å². The van der Waals surface area contributed by atoms with Gasteiger partial charge < -0.3 is 15.5 Å². The van der Waals surface area contributed by atoms with Crippen LogP contribution in [0.25, 0.3) is 0 Å². The van der Waals surface area contributed by atoms with Gasteiger partial charge in [0.25, 0.3) is 0 Å². The summed E-state index contributed by atoms with van der Waals surface area (Å²) in [6.45, 7) is 4.14. The summed E-state index contributed by atoms with van der Waals surface area (Å²) in [4.78, 5) is 19.0. The van der Waals surface area contributed by atoms with E-state index in [1.807, 2.05) is 23.6 Å². The molecule has 5 nitrogen and oxygen atoms in total. The molecule has 0 spiro atoms. The van der Waals surface area contributed by atoms with Gasteiger partial charge in [0.2, 0.25) is 5.91 Å². The molecule has 0 bridgehead atoms. The fourth-order valence-electron chi connectivity index (χ4n) is 4.18. The molecule has 1 aliphatic carbocycles. The lowest BCUT2D eigenvalue weighted by molar-refractivity contribution is -0.136. The maximum Gasteiger partial charge on any atom is 0.225 e. The molecule has 1 aromatic rings. The van der Waals surface area contributed by atoms with Crippen LogP contribution in [0.5, 0.6) is 0 Å². The Hall–Kier alpha value is -1.10. The van der Waals surface area contributed by atoms with Crippen molar-refractivity contribution < 1.29 is 13.6 Å². The van der Waals surface area contributed by atoms with Crippen LogP contribution < -0.4 is 10.6 Å². The Morgan fingerprint density at radius 3 is 2.52 bits per heavy atom. The highest BCUT2D eigenvalue weighted by Gasteiger charge is 2.30. The van der Waals surface area contributed by atoms with E-state index in [2.05, 4.69) is 15.6 Å². The van der Waals surface area contributed by atoms with Gasteiger partial charge in [0.15, 0.2) is 5.96 Å². The molecule has 174 valence electrons. The van der Waals surface area contributed by atoms with Crippen LogP contribution in [-0.2, 0) is 4.79 Å². The molecule has 31 heavy (non-hydrogen) atoms. The van der Waals surface area contributed by atoms with Crippen LogP contribution in [0.3, 0.4) is 0 Å². The molecule has 1 aromatic carbocycles. The van der Waals surface area contributed by atoms with Crippen LogP contribution in [0.2, 0.25) is 0 Å². The van der Waals surface area contributed by atoms with Crippen molar-refractivity contribution >= 4 is 47.6 Å². The molecular weight excluding hydrogens is 533 g/mol. The van der Waals surface area contributed by atoms with Crippen molar-refractivity contribution in [3.05, 3.63) is 35.4 Å². The molecule has 1 amide bonds. The maximum atomic E-state index is 14.0. The fourth-order valence-corrected chi connectivity index (χ4v) is 5.08.